The molecule has 1 N–H and O–H groups in total. The van der Waals surface area contributed by atoms with Gasteiger partial charge in [0.1, 0.15) is 0 Å². The van der Waals surface area contributed by atoms with Crippen molar-refractivity contribution in [1.29, 1.82) is 0 Å². The second-order valence-corrected chi connectivity index (χ2v) is 7.00. The van der Waals surface area contributed by atoms with Crippen molar-refractivity contribution < 1.29 is 4.79 Å². The molecule has 2 heterocycles. The van der Waals surface area contributed by atoms with Crippen molar-refractivity contribution in [2.45, 2.75) is 51.6 Å². The molecule has 3 nitrogen and oxygen atoms in total. The van der Waals surface area contributed by atoms with Crippen LogP contribution in [0.3, 0.4) is 0 Å². The molecule has 17 heavy (non-hydrogen) atoms. The number of rotatable bonds is 3. The van der Waals surface area contributed by atoms with Crippen molar-refractivity contribution in [2.75, 3.05) is 19.6 Å². The fourth-order valence-electron chi connectivity index (χ4n) is 3.58. The highest BCUT2D eigenvalue weighted by molar-refractivity contribution is 5.86. The van der Waals surface area contributed by atoms with Gasteiger partial charge >= 0.3 is 0 Å². The van der Waals surface area contributed by atoms with Crippen LogP contribution in [0.1, 0.15) is 39.5 Å². The van der Waals surface area contributed by atoms with Gasteiger partial charge in [-0.3, -0.25) is 9.69 Å². The van der Waals surface area contributed by atoms with Crippen LogP contribution in [0.4, 0.5) is 0 Å². The van der Waals surface area contributed by atoms with E-state index in [4.69, 9.17) is 0 Å². The summed E-state index contributed by atoms with van der Waals surface area (Å²) < 4.78 is 0. The summed E-state index contributed by atoms with van der Waals surface area (Å²) in [5.41, 5.74) is 0.393. The molecule has 0 unspecified atom stereocenters. The van der Waals surface area contributed by atoms with Gasteiger partial charge in [-0.05, 0) is 43.6 Å². The Balaban J connectivity index is 1.50. The summed E-state index contributed by atoms with van der Waals surface area (Å²) in [6, 6.07) is 0.852. The van der Waals surface area contributed by atoms with E-state index < -0.39 is 0 Å². The molecule has 2 aliphatic heterocycles. The van der Waals surface area contributed by atoms with Crippen molar-refractivity contribution >= 4 is 5.78 Å². The monoisotopic (exact) mass is 236 g/mol. The standard InChI is InChI=1S/C14H24N2O/c1-14(2)4-3-5-16(9-14)8-13(17)12-7-10-6-11(10)15-12/h10-12,15H,3-9H2,1-2H3/t10-,11-,12+/m1/s1. The number of Topliss-reactive ketones (excluding diaryl/α,β-unsaturated/α-hetero) is 1. The molecule has 0 amide bonds. The fourth-order valence-corrected chi connectivity index (χ4v) is 3.58. The number of nitrogens with one attached hydrogen (secondary N) is 1. The first-order valence-electron chi connectivity index (χ1n) is 7.05. The van der Waals surface area contributed by atoms with Crippen LogP contribution in [0.15, 0.2) is 0 Å². The SMILES string of the molecule is CC1(C)CCCN(CC(=O)[C@@H]2C[C@H]3C[C@H]3N2)C1. The average Bonchev–Trinajstić information content (AvgIpc) is 2.84. The van der Waals surface area contributed by atoms with Gasteiger partial charge in [0.2, 0.25) is 0 Å². The molecule has 0 bridgehead atoms. The summed E-state index contributed by atoms with van der Waals surface area (Å²) in [6.07, 6.45) is 4.94. The maximum atomic E-state index is 12.2. The van der Waals surface area contributed by atoms with Crippen molar-refractivity contribution in [1.82, 2.24) is 10.2 Å². The predicted octanol–water partition coefficient (Wildman–Crippen LogP) is 1.43. The summed E-state index contributed by atoms with van der Waals surface area (Å²) in [5.74, 6) is 1.25. The Morgan fingerprint density at radius 3 is 2.88 bits per heavy atom. The third-order valence-electron chi connectivity index (χ3n) is 4.62. The lowest BCUT2D eigenvalue weighted by Gasteiger charge is -2.38. The molecule has 0 aromatic carbocycles. The molecule has 1 aliphatic carbocycles. The number of piperidine rings is 2. The first-order valence-corrected chi connectivity index (χ1v) is 7.05. The zero-order valence-corrected chi connectivity index (χ0v) is 11.0. The van der Waals surface area contributed by atoms with Gasteiger partial charge in [-0.2, -0.15) is 0 Å². The Hall–Kier alpha value is -0.410. The summed E-state index contributed by atoms with van der Waals surface area (Å²) in [6.45, 7) is 7.48. The van der Waals surface area contributed by atoms with Crippen molar-refractivity contribution in [3.05, 3.63) is 0 Å². The summed E-state index contributed by atoms with van der Waals surface area (Å²) >= 11 is 0. The fraction of sp³-hybridized carbons (Fsp3) is 0.929. The van der Waals surface area contributed by atoms with Crippen molar-refractivity contribution in [3.63, 3.8) is 0 Å². The van der Waals surface area contributed by atoms with Crippen LogP contribution in [-0.4, -0.2) is 42.4 Å². The van der Waals surface area contributed by atoms with Gasteiger partial charge in [0.15, 0.2) is 5.78 Å². The molecule has 3 rings (SSSR count). The molecule has 2 saturated heterocycles. The lowest BCUT2D eigenvalue weighted by Crippen LogP contribution is -2.46. The summed E-state index contributed by atoms with van der Waals surface area (Å²) in [5, 5.41) is 3.46. The van der Waals surface area contributed by atoms with Gasteiger partial charge in [-0.15, -0.1) is 0 Å². The highest BCUT2D eigenvalue weighted by atomic mass is 16.1. The van der Waals surface area contributed by atoms with Gasteiger partial charge in [0, 0.05) is 12.6 Å². The predicted molar refractivity (Wildman–Crippen MR) is 67.9 cm³/mol. The number of hydrogen-bond acceptors (Lipinski definition) is 3. The third kappa shape index (κ3) is 2.55. The largest absolute Gasteiger partial charge is 0.304 e. The van der Waals surface area contributed by atoms with E-state index in [1.54, 1.807) is 0 Å². The smallest absolute Gasteiger partial charge is 0.163 e. The van der Waals surface area contributed by atoms with E-state index >= 15 is 0 Å². The van der Waals surface area contributed by atoms with E-state index in [0.29, 0.717) is 23.8 Å². The van der Waals surface area contributed by atoms with E-state index in [1.807, 2.05) is 0 Å². The molecule has 0 spiro atoms. The number of ketones is 1. The van der Waals surface area contributed by atoms with E-state index in [2.05, 4.69) is 24.1 Å². The van der Waals surface area contributed by atoms with Gasteiger partial charge in [0.05, 0.1) is 12.6 Å². The van der Waals surface area contributed by atoms with E-state index in [9.17, 15) is 4.79 Å². The Morgan fingerprint density at radius 1 is 1.41 bits per heavy atom. The minimum Gasteiger partial charge on any atom is -0.304 e. The molecular weight excluding hydrogens is 212 g/mol. The maximum absolute atomic E-state index is 12.2. The lowest BCUT2D eigenvalue weighted by molar-refractivity contribution is -0.122. The second kappa shape index (κ2) is 4.06. The van der Waals surface area contributed by atoms with Crippen LogP contribution in [0, 0.1) is 11.3 Å². The van der Waals surface area contributed by atoms with Crippen molar-refractivity contribution in [2.24, 2.45) is 11.3 Å². The maximum Gasteiger partial charge on any atom is 0.163 e. The first-order chi connectivity index (χ1) is 8.03. The minimum atomic E-state index is 0.170. The molecule has 0 aromatic heterocycles. The Morgan fingerprint density at radius 2 is 2.24 bits per heavy atom. The highest BCUT2D eigenvalue weighted by Gasteiger charge is 2.47. The average molecular weight is 236 g/mol. The molecule has 1 saturated carbocycles. The summed E-state index contributed by atoms with van der Waals surface area (Å²) in [7, 11) is 0. The van der Waals surface area contributed by atoms with Crippen LogP contribution < -0.4 is 5.32 Å². The molecule has 3 aliphatic rings. The Kier molecular flexibility index (Phi) is 2.79. The van der Waals surface area contributed by atoms with Gasteiger partial charge in [0.25, 0.3) is 0 Å². The quantitative estimate of drug-likeness (QED) is 0.804. The van der Waals surface area contributed by atoms with E-state index in [-0.39, 0.29) is 6.04 Å². The van der Waals surface area contributed by atoms with Crippen LogP contribution in [-0.2, 0) is 4.79 Å². The zero-order chi connectivity index (χ0) is 12.0. The van der Waals surface area contributed by atoms with Gasteiger partial charge in [-0.1, -0.05) is 13.8 Å². The summed E-state index contributed by atoms with van der Waals surface area (Å²) in [4.78, 5) is 14.5. The molecule has 3 fully saturated rings. The number of carbonyl (C=O) groups is 1. The molecule has 3 heteroatoms. The van der Waals surface area contributed by atoms with Crippen LogP contribution in [0.25, 0.3) is 0 Å². The topological polar surface area (TPSA) is 32.3 Å². The van der Waals surface area contributed by atoms with Crippen LogP contribution >= 0.6 is 0 Å². The third-order valence-corrected chi connectivity index (χ3v) is 4.62. The van der Waals surface area contributed by atoms with E-state index in [1.165, 1.54) is 19.3 Å². The van der Waals surface area contributed by atoms with Crippen molar-refractivity contribution in [3.8, 4) is 0 Å². The molecule has 0 aromatic rings. The molecule has 0 radical (unpaired) electrons. The lowest BCUT2D eigenvalue weighted by atomic mass is 9.84. The highest BCUT2D eigenvalue weighted by Crippen LogP contribution is 2.41. The van der Waals surface area contributed by atoms with Crippen LogP contribution in [0.2, 0.25) is 0 Å². The minimum absolute atomic E-state index is 0.170. The molecular formula is C14H24N2O. The number of nitrogens with zero attached hydrogens (tertiary/aromatic N) is 1. The number of hydrogen-bond donors (Lipinski definition) is 1. The first kappa shape index (κ1) is 11.7. The molecule has 3 atom stereocenters. The number of carbonyl (C=O) groups excluding carboxylic acids is 1. The Bertz CT molecular complexity index is 316. The van der Waals surface area contributed by atoms with E-state index in [0.717, 1.165) is 25.4 Å². The second-order valence-electron chi connectivity index (χ2n) is 7.00. The molecule has 96 valence electrons. The number of fused-ring (bicyclic) bond motifs is 1. The van der Waals surface area contributed by atoms with Gasteiger partial charge in [-0.25, -0.2) is 0 Å². The zero-order valence-electron chi connectivity index (χ0n) is 11.0. The Labute approximate surface area is 104 Å². The van der Waals surface area contributed by atoms with Gasteiger partial charge < -0.3 is 5.32 Å². The number of likely N-dealkylation sites (tertiary alicyclic amines) is 1. The normalized spacial score (nSPS) is 40.0. The van der Waals surface area contributed by atoms with Crippen LogP contribution in [0.5, 0.6) is 0 Å².